The maximum atomic E-state index is 11.9. The standard InChI is InChI=1S/C15H19N3O3/c1-4-20-15(19)12-8-17-13-6-5-10(21-9(2)3)7-11(13)14(12)18-16/h5-9H,4,16H2,1-3H3,(H,17,18). The van der Waals surface area contributed by atoms with Gasteiger partial charge in [0, 0.05) is 11.6 Å². The van der Waals surface area contributed by atoms with E-state index in [2.05, 4.69) is 10.4 Å². The number of hydrogen-bond acceptors (Lipinski definition) is 6. The van der Waals surface area contributed by atoms with Crippen molar-refractivity contribution in [3.05, 3.63) is 30.0 Å². The number of pyridine rings is 1. The zero-order valence-corrected chi connectivity index (χ0v) is 12.3. The molecule has 0 atom stereocenters. The Labute approximate surface area is 123 Å². The van der Waals surface area contributed by atoms with Crippen LogP contribution in [0.1, 0.15) is 31.1 Å². The number of aromatic nitrogens is 1. The number of benzene rings is 1. The number of esters is 1. The molecule has 112 valence electrons. The minimum atomic E-state index is -0.463. The maximum absolute atomic E-state index is 11.9. The van der Waals surface area contributed by atoms with Crippen LogP contribution in [0.3, 0.4) is 0 Å². The molecule has 0 aliphatic carbocycles. The summed E-state index contributed by atoms with van der Waals surface area (Å²) in [6, 6.07) is 5.46. The molecule has 0 unspecified atom stereocenters. The second-order valence-electron chi connectivity index (χ2n) is 4.76. The molecule has 0 saturated heterocycles. The number of nitrogens with two attached hydrogens (primary N) is 1. The number of ether oxygens (including phenoxy) is 2. The lowest BCUT2D eigenvalue weighted by atomic mass is 10.1. The van der Waals surface area contributed by atoms with Crippen molar-refractivity contribution >= 4 is 22.6 Å². The lowest BCUT2D eigenvalue weighted by molar-refractivity contribution is 0.0527. The van der Waals surface area contributed by atoms with E-state index in [-0.39, 0.29) is 12.7 Å². The Morgan fingerprint density at radius 3 is 2.81 bits per heavy atom. The monoisotopic (exact) mass is 289 g/mol. The molecular weight excluding hydrogens is 270 g/mol. The Morgan fingerprint density at radius 2 is 2.19 bits per heavy atom. The largest absolute Gasteiger partial charge is 0.491 e. The van der Waals surface area contributed by atoms with Gasteiger partial charge < -0.3 is 14.9 Å². The summed E-state index contributed by atoms with van der Waals surface area (Å²) in [5, 5.41) is 0.709. The van der Waals surface area contributed by atoms with Gasteiger partial charge in [0.25, 0.3) is 0 Å². The number of fused-ring (bicyclic) bond motifs is 1. The number of carbonyl (C=O) groups excluding carboxylic acids is 1. The first-order valence-corrected chi connectivity index (χ1v) is 6.80. The molecule has 1 aromatic carbocycles. The van der Waals surface area contributed by atoms with E-state index in [1.807, 2.05) is 26.0 Å². The lowest BCUT2D eigenvalue weighted by Gasteiger charge is -2.14. The summed E-state index contributed by atoms with van der Waals surface area (Å²) < 4.78 is 10.7. The molecule has 3 N–H and O–H groups in total. The molecule has 2 rings (SSSR count). The predicted octanol–water partition coefficient (Wildman–Crippen LogP) is 2.48. The molecule has 6 heteroatoms. The van der Waals surface area contributed by atoms with Crippen molar-refractivity contribution in [2.45, 2.75) is 26.9 Å². The predicted molar refractivity (Wildman–Crippen MR) is 81.3 cm³/mol. The zero-order valence-electron chi connectivity index (χ0n) is 12.3. The van der Waals surface area contributed by atoms with Gasteiger partial charge in [-0.05, 0) is 39.0 Å². The van der Waals surface area contributed by atoms with Crippen LogP contribution in [0.2, 0.25) is 0 Å². The molecular formula is C15H19N3O3. The number of rotatable bonds is 5. The molecule has 0 spiro atoms. The van der Waals surface area contributed by atoms with Crippen molar-refractivity contribution in [2.24, 2.45) is 5.84 Å². The van der Waals surface area contributed by atoms with Gasteiger partial charge in [-0.3, -0.25) is 10.8 Å². The summed E-state index contributed by atoms with van der Waals surface area (Å²) in [6.07, 6.45) is 1.51. The van der Waals surface area contributed by atoms with Gasteiger partial charge in [0.05, 0.1) is 23.9 Å². The molecule has 2 aromatic rings. The van der Waals surface area contributed by atoms with Crippen LogP contribution >= 0.6 is 0 Å². The quantitative estimate of drug-likeness (QED) is 0.499. The number of nitrogens with zero attached hydrogens (tertiary/aromatic N) is 1. The summed E-state index contributed by atoms with van der Waals surface area (Å²) in [5.74, 6) is 5.80. The first-order chi connectivity index (χ1) is 10.1. The zero-order chi connectivity index (χ0) is 15.4. The van der Waals surface area contributed by atoms with Crippen LogP contribution in [0.4, 0.5) is 5.69 Å². The molecule has 0 saturated carbocycles. The summed E-state index contributed by atoms with van der Waals surface area (Å²) >= 11 is 0. The number of anilines is 1. The number of hydrazine groups is 1. The smallest absolute Gasteiger partial charge is 0.341 e. The topological polar surface area (TPSA) is 86.5 Å². The fraction of sp³-hybridized carbons (Fsp3) is 0.333. The Balaban J connectivity index is 2.55. The normalized spacial score (nSPS) is 10.7. The third kappa shape index (κ3) is 3.22. The number of nitrogen functional groups attached to an aromatic ring is 1. The summed E-state index contributed by atoms with van der Waals surface area (Å²) in [4.78, 5) is 16.2. The average molecular weight is 289 g/mol. The van der Waals surface area contributed by atoms with Gasteiger partial charge in [0.2, 0.25) is 0 Å². The van der Waals surface area contributed by atoms with Crippen LogP contribution in [0.15, 0.2) is 24.4 Å². The van der Waals surface area contributed by atoms with E-state index < -0.39 is 5.97 Å². The van der Waals surface area contributed by atoms with E-state index in [4.69, 9.17) is 15.3 Å². The van der Waals surface area contributed by atoms with Crippen molar-refractivity contribution in [3.63, 3.8) is 0 Å². The summed E-state index contributed by atoms with van der Waals surface area (Å²) in [7, 11) is 0. The van der Waals surface area contributed by atoms with Gasteiger partial charge in [-0.2, -0.15) is 0 Å². The molecule has 0 aliphatic rings. The van der Waals surface area contributed by atoms with Crippen LogP contribution in [0, 0.1) is 0 Å². The van der Waals surface area contributed by atoms with E-state index in [0.29, 0.717) is 27.9 Å². The van der Waals surface area contributed by atoms with Crippen molar-refractivity contribution in [1.82, 2.24) is 4.98 Å². The number of hydrogen-bond donors (Lipinski definition) is 2. The highest BCUT2D eigenvalue weighted by Gasteiger charge is 2.16. The molecule has 0 aliphatic heterocycles. The van der Waals surface area contributed by atoms with E-state index in [1.165, 1.54) is 6.20 Å². The van der Waals surface area contributed by atoms with Crippen molar-refractivity contribution < 1.29 is 14.3 Å². The maximum Gasteiger partial charge on any atom is 0.341 e. The van der Waals surface area contributed by atoms with Crippen LogP contribution in [-0.4, -0.2) is 23.7 Å². The molecule has 0 amide bonds. The Hall–Kier alpha value is -2.34. The highest BCUT2D eigenvalue weighted by Crippen LogP contribution is 2.29. The second kappa shape index (κ2) is 6.41. The number of nitrogens with one attached hydrogen (secondary N) is 1. The van der Waals surface area contributed by atoms with Crippen LogP contribution in [-0.2, 0) is 4.74 Å². The van der Waals surface area contributed by atoms with Gasteiger partial charge in [0.1, 0.15) is 11.3 Å². The third-order valence-electron chi connectivity index (χ3n) is 2.85. The van der Waals surface area contributed by atoms with Gasteiger partial charge in [-0.25, -0.2) is 4.79 Å². The Kier molecular flexibility index (Phi) is 4.59. The van der Waals surface area contributed by atoms with Crippen LogP contribution < -0.4 is 16.0 Å². The Bertz CT molecular complexity index is 656. The molecule has 0 fully saturated rings. The van der Waals surface area contributed by atoms with E-state index in [9.17, 15) is 4.79 Å². The van der Waals surface area contributed by atoms with Gasteiger partial charge in [-0.15, -0.1) is 0 Å². The molecule has 0 radical (unpaired) electrons. The molecule has 0 bridgehead atoms. The Morgan fingerprint density at radius 1 is 1.43 bits per heavy atom. The SMILES string of the molecule is CCOC(=O)c1cnc2ccc(OC(C)C)cc2c1NN. The minimum absolute atomic E-state index is 0.0536. The first-order valence-electron chi connectivity index (χ1n) is 6.80. The molecule has 1 heterocycles. The van der Waals surface area contributed by atoms with Crippen LogP contribution in [0.25, 0.3) is 10.9 Å². The fourth-order valence-electron chi connectivity index (χ4n) is 2.04. The van der Waals surface area contributed by atoms with E-state index >= 15 is 0 Å². The van der Waals surface area contributed by atoms with Crippen LogP contribution in [0.5, 0.6) is 5.75 Å². The van der Waals surface area contributed by atoms with Gasteiger partial charge >= 0.3 is 5.97 Å². The first kappa shape index (κ1) is 15.1. The molecule has 6 nitrogen and oxygen atoms in total. The van der Waals surface area contributed by atoms with Crippen molar-refractivity contribution in [3.8, 4) is 5.75 Å². The highest BCUT2D eigenvalue weighted by molar-refractivity contribution is 6.05. The average Bonchev–Trinajstić information content (AvgIpc) is 2.45. The molecule has 21 heavy (non-hydrogen) atoms. The van der Waals surface area contributed by atoms with Crippen molar-refractivity contribution in [2.75, 3.05) is 12.0 Å². The van der Waals surface area contributed by atoms with E-state index in [0.717, 1.165) is 0 Å². The summed E-state index contributed by atoms with van der Waals surface area (Å²) in [6.45, 7) is 5.92. The lowest BCUT2D eigenvalue weighted by Crippen LogP contribution is -2.15. The fourth-order valence-corrected chi connectivity index (χ4v) is 2.04. The van der Waals surface area contributed by atoms with E-state index in [1.54, 1.807) is 13.0 Å². The minimum Gasteiger partial charge on any atom is -0.491 e. The summed E-state index contributed by atoms with van der Waals surface area (Å²) in [5.41, 5.74) is 4.06. The molecule has 1 aromatic heterocycles. The van der Waals surface area contributed by atoms with Crippen molar-refractivity contribution in [1.29, 1.82) is 0 Å². The number of carbonyl (C=O) groups is 1. The van der Waals surface area contributed by atoms with Gasteiger partial charge in [-0.1, -0.05) is 0 Å². The second-order valence-corrected chi connectivity index (χ2v) is 4.76. The third-order valence-corrected chi connectivity index (χ3v) is 2.85. The highest BCUT2D eigenvalue weighted by atomic mass is 16.5. The van der Waals surface area contributed by atoms with Gasteiger partial charge in [0.15, 0.2) is 0 Å².